The molecule has 0 bridgehead atoms. The molecule has 2 atom stereocenters. The van der Waals surface area contributed by atoms with Crippen molar-refractivity contribution in [3.63, 3.8) is 0 Å². The van der Waals surface area contributed by atoms with E-state index in [4.69, 9.17) is 9.47 Å². The smallest absolute Gasteiger partial charge is 0.328 e. The third-order valence-corrected chi connectivity index (χ3v) is 6.34. The first-order chi connectivity index (χ1) is 18.0. The summed E-state index contributed by atoms with van der Waals surface area (Å²) in [6, 6.07) is 14.0. The number of carbonyl (C=O) groups is 3. The van der Waals surface area contributed by atoms with Gasteiger partial charge < -0.3 is 20.1 Å². The van der Waals surface area contributed by atoms with Gasteiger partial charge in [0.05, 0.1) is 19.8 Å². The van der Waals surface area contributed by atoms with E-state index in [9.17, 15) is 14.4 Å². The van der Waals surface area contributed by atoms with Crippen LogP contribution in [0.3, 0.4) is 0 Å². The molecule has 0 radical (unpaired) electrons. The molecule has 2 heterocycles. The Labute approximate surface area is 217 Å². The lowest BCUT2D eigenvalue weighted by molar-refractivity contribution is -0.139. The Kier molecular flexibility index (Phi) is 8.97. The van der Waals surface area contributed by atoms with Crippen LogP contribution in [0.1, 0.15) is 25.0 Å². The zero-order chi connectivity index (χ0) is 26.2. The van der Waals surface area contributed by atoms with E-state index in [0.717, 1.165) is 11.1 Å². The number of imide groups is 1. The summed E-state index contributed by atoms with van der Waals surface area (Å²) in [6.07, 6.45) is 0.0165. The average molecular weight is 510 g/mol. The second-order valence-corrected chi connectivity index (χ2v) is 8.90. The number of amides is 4. The summed E-state index contributed by atoms with van der Waals surface area (Å²) in [4.78, 5) is 42.0. The Morgan fingerprint density at radius 2 is 1.70 bits per heavy atom. The molecule has 4 rings (SSSR count). The molecular weight excluding hydrogens is 474 g/mol. The van der Waals surface area contributed by atoms with Crippen LogP contribution in [0.5, 0.6) is 11.5 Å². The van der Waals surface area contributed by atoms with Gasteiger partial charge in [-0.25, -0.2) is 4.79 Å². The molecule has 37 heavy (non-hydrogen) atoms. The predicted molar refractivity (Wildman–Crippen MR) is 138 cm³/mol. The molecule has 4 amide bonds. The fourth-order valence-electron chi connectivity index (χ4n) is 4.61. The van der Waals surface area contributed by atoms with Crippen LogP contribution < -0.4 is 25.4 Å². The first-order valence-electron chi connectivity index (χ1n) is 12.8. The molecule has 198 valence electrons. The highest BCUT2D eigenvalue weighted by molar-refractivity contribution is 6.01. The van der Waals surface area contributed by atoms with Gasteiger partial charge in [-0.2, -0.15) is 0 Å². The maximum Gasteiger partial charge on any atom is 0.328 e. The fraction of sp³-hybridized carbons (Fsp3) is 0.444. The van der Waals surface area contributed by atoms with Crippen LogP contribution in [0.2, 0.25) is 0 Å². The van der Waals surface area contributed by atoms with Crippen molar-refractivity contribution in [1.29, 1.82) is 0 Å². The average Bonchev–Trinajstić information content (AvgIpc) is 2.91. The van der Waals surface area contributed by atoms with Crippen molar-refractivity contribution in [3.05, 3.63) is 59.7 Å². The van der Waals surface area contributed by atoms with E-state index >= 15 is 0 Å². The summed E-state index contributed by atoms with van der Waals surface area (Å²) >= 11 is 0. The number of nitrogens with one attached hydrogen (secondary N) is 3. The Balaban J connectivity index is 1.38. The van der Waals surface area contributed by atoms with Crippen LogP contribution >= 0.6 is 0 Å². The SMILES string of the molecule is CCOc1ccc(CCNC(=O)CN2C(=O)N(Cc3ccccc3)C(=O)C3NCCNC32)cc1OCC. The Bertz CT molecular complexity index is 1100. The lowest BCUT2D eigenvalue weighted by Gasteiger charge is -2.47. The van der Waals surface area contributed by atoms with Crippen molar-refractivity contribution in [2.75, 3.05) is 39.4 Å². The van der Waals surface area contributed by atoms with Crippen LogP contribution in [0.25, 0.3) is 0 Å². The van der Waals surface area contributed by atoms with E-state index in [-0.39, 0.29) is 24.9 Å². The molecule has 0 aromatic heterocycles. The van der Waals surface area contributed by atoms with Crippen LogP contribution in [0.15, 0.2) is 48.5 Å². The largest absolute Gasteiger partial charge is 0.490 e. The van der Waals surface area contributed by atoms with Crippen LogP contribution in [0, 0.1) is 0 Å². The van der Waals surface area contributed by atoms with E-state index in [1.165, 1.54) is 9.80 Å². The summed E-state index contributed by atoms with van der Waals surface area (Å²) in [5, 5.41) is 9.33. The summed E-state index contributed by atoms with van der Waals surface area (Å²) in [5.74, 6) is 0.795. The second kappa shape index (κ2) is 12.6. The van der Waals surface area contributed by atoms with Crippen LogP contribution in [0.4, 0.5) is 4.79 Å². The third kappa shape index (κ3) is 6.39. The van der Waals surface area contributed by atoms with E-state index < -0.39 is 18.2 Å². The number of piperazine rings is 1. The summed E-state index contributed by atoms with van der Waals surface area (Å²) < 4.78 is 11.3. The monoisotopic (exact) mass is 509 g/mol. The van der Waals surface area contributed by atoms with Gasteiger partial charge in [0.2, 0.25) is 5.91 Å². The van der Waals surface area contributed by atoms with E-state index in [2.05, 4.69) is 16.0 Å². The van der Waals surface area contributed by atoms with Gasteiger partial charge in [0.1, 0.15) is 18.8 Å². The van der Waals surface area contributed by atoms with Crippen molar-refractivity contribution < 1.29 is 23.9 Å². The summed E-state index contributed by atoms with van der Waals surface area (Å²) in [6.45, 7) is 6.51. The van der Waals surface area contributed by atoms with Crippen molar-refractivity contribution in [1.82, 2.24) is 25.8 Å². The predicted octanol–water partition coefficient (Wildman–Crippen LogP) is 1.49. The number of nitrogens with zero attached hydrogens (tertiary/aromatic N) is 2. The molecule has 0 aliphatic carbocycles. The molecule has 2 fully saturated rings. The van der Waals surface area contributed by atoms with Crippen molar-refractivity contribution in [2.45, 2.75) is 39.0 Å². The van der Waals surface area contributed by atoms with Crippen molar-refractivity contribution in [3.8, 4) is 11.5 Å². The fourth-order valence-corrected chi connectivity index (χ4v) is 4.61. The first kappa shape index (κ1) is 26.4. The van der Waals surface area contributed by atoms with Gasteiger partial charge in [-0.05, 0) is 43.5 Å². The molecule has 2 aromatic rings. The van der Waals surface area contributed by atoms with Crippen molar-refractivity contribution in [2.24, 2.45) is 0 Å². The van der Waals surface area contributed by atoms with Gasteiger partial charge in [0, 0.05) is 19.6 Å². The minimum Gasteiger partial charge on any atom is -0.490 e. The molecule has 3 N–H and O–H groups in total. The normalized spacial score (nSPS) is 19.4. The lowest BCUT2D eigenvalue weighted by Crippen LogP contribution is -2.75. The zero-order valence-corrected chi connectivity index (χ0v) is 21.4. The molecule has 10 heteroatoms. The number of rotatable bonds is 11. The summed E-state index contributed by atoms with van der Waals surface area (Å²) in [5.41, 5.74) is 1.84. The molecular formula is C27H35N5O5. The molecule has 2 saturated heterocycles. The molecule has 2 aromatic carbocycles. The molecule has 2 aliphatic heterocycles. The molecule has 10 nitrogen and oxygen atoms in total. The van der Waals surface area contributed by atoms with Gasteiger partial charge in [0.15, 0.2) is 11.5 Å². The second-order valence-electron chi connectivity index (χ2n) is 8.90. The summed E-state index contributed by atoms with van der Waals surface area (Å²) in [7, 11) is 0. The van der Waals surface area contributed by atoms with Crippen molar-refractivity contribution >= 4 is 17.8 Å². The molecule has 0 spiro atoms. The number of carbonyl (C=O) groups excluding carboxylic acids is 3. The number of urea groups is 1. The maximum atomic E-state index is 13.4. The number of benzene rings is 2. The van der Waals surface area contributed by atoms with E-state index in [0.29, 0.717) is 50.8 Å². The highest BCUT2D eigenvalue weighted by Crippen LogP contribution is 2.28. The zero-order valence-electron chi connectivity index (χ0n) is 21.4. The number of hydrogen-bond donors (Lipinski definition) is 3. The van der Waals surface area contributed by atoms with E-state index in [1.54, 1.807) is 0 Å². The Morgan fingerprint density at radius 1 is 0.973 bits per heavy atom. The Hall–Kier alpha value is -3.63. The highest BCUT2D eigenvalue weighted by atomic mass is 16.5. The highest BCUT2D eigenvalue weighted by Gasteiger charge is 2.47. The first-order valence-corrected chi connectivity index (χ1v) is 12.8. The molecule has 0 saturated carbocycles. The Morgan fingerprint density at radius 3 is 2.46 bits per heavy atom. The third-order valence-electron chi connectivity index (χ3n) is 6.34. The van der Waals surface area contributed by atoms with Crippen LogP contribution in [-0.2, 0) is 22.6 Å². The topological polar surface area (TPSA) is 112 Å². The van der Waals surface area contributed by atoms with Gasteiger partial charge in [-0.1, -0.05) is 36.4 Å². The van der Waals surface area contributed by atoms with E-state index in [1.807, 2.05) is 62.4 Å². The van der Waals surface area contributed by atoms with Crippen LogP contribution in [-0.4, -0.2) is 79.2 Å². The van der Waals surface area contributed by atoms with Gasteiger partial charge in [0.25, 0.3) is 5.91 Å². The van der Waals surface area contributed by atoms with Gasteiger partial charge >= 0.3 is 6.03 Å². The number of ether oxygens (including phenoxy) is 2. The minimum atomic E-state index is -0.608. The lowest BCUT2D eigenvalue weighted by atomic mass is 10.1. The minimum absolute atomic E-state index is 0.152. The molecule has 2 unspecified atom stereocenters. The number of hydrogen-bond acceptors (Lipinski definition) is 7. The standard InChI is InChI=1S/C27H35N5O5/c1-3-36-21-11-10-19(16-22(21)37-4-2)12-13-28-23(33)18-31-25-24(29-14-15-30-25)26(34)32(27(31)35)17-20-8-6-5-7-9-20/h5-11,16,24-25,29-30H,3-4,12-15,17-18H2,1-2H3,(H,28,33). The maximum absolute atomic E-state index is 13.4. The quantitative estimate of drug-likeness (QED) is 0.421. The number of fused-ring (bicyclic) bond motifs is 1. The van der Waals surface area contributed by atoms with Gasteiger partial charge in [-0.3, -0.25) is 24.7 Å². The van der Waals surface area contributed by atoms with Gasteiger partial charge in [-0.15, -0.1) is 0 Å². The molecule has 2 aliphatic rings.